The van der Waals surface area contributed by atoms with Crippen molar-refractivity contribution in [3.05, 3.63) is 59.7 Å². The van der Waals surface area contributed by atoms with Crippen molar-refractivity contribution in [2.75, 3.05) is 6.61 Å². The van der Waals surface area contributed by atoms with Crippen LogP contribution in [0.25, 0.3) is 0 Å². The molecule has 0 fully saturated rings. The highest BCUT2D eigenvalue weighted by Crippen LogP contribution is 2.24. The fourth-order valence-corrected chi connectivity index (χ4v) is 2.11. The highest BCUT2D eigenvalue weighted by Gasteiger charge is 2.12. The van der Waals surface area contributed by atoms with Crippen molar-refractivity contribution in [1.29, 1.82) is 0 Å². The summed E-state index contributed by atoms with van der Waals surface area (Å²) in [6, 6.07) is 16.5. The number of aliphatic imine (C=N–C) groups is 1. The first kappa shape index (κ1) is 17.3. The van der Waals surface area contributed by atoms with Gasteiger partial charge in [0, 0.05) is 6.21 Å². The van der Waals surface area contributed by atoms with E-state index in [4.69, 9.17) is 4.74 Å². The third-order valence-corrected chi connectivity index (χ3v) is 3.56. The van der Waals surface area contributed by atoms with Gasteiger partial charge in [-0.25, -0.2) is 0 Å². The van der Waals surface area contributed by atoms with Gasteiger partial charge in [-0.1, -0.05) is 46.8 Å². The Morgan fingerprint density at radius 2 is 1.57 bits per heavy atom. The van der Waals surface area contributed by atoms with E-state index in [0.717, 1.165) is 23.6 Å². The molecule has 0 saturated carbocycles. The predicted molar refractivity (Wildman–Crippen MR) is 99.2 cm³/mol. The van der Waals surface area contributed by atoms with Crippen LogP contribution in [0.2, 0.25) is 0 Å². The Morgan fingerprint density at radius 1 is 0.957 bits per heavy atom. The van der Waals surface area contributed by atoms with Crippen molar-refractivity contribution in [1.82, 2.24) is 0 Å². The summed E-state index contributed by atoms with van der Waals surface area (Å²) in [5.74, 6) is 1.44. The molecule has 0 N–H and O–H groups in total. The zero-order valence-electron chi connectivity index (χ0n) is 14.8. The number of hydrogen-bond acceptors (Lipinski definition) is 2. The summed E-state index contributed by atoms with van der Waals surface area (Å²) in [5, 5.41) is 0. The lowest BCUT2D eigenvalue weighted by Crippen LogP contribution is -2.10. The summed E-state index contributed by atoms with van der Waals surface area (Å²) in [6.07, 6.45) is 1.89. The normalized spacial score (nSPS) is 12.1. The van der Waals surface area contributed by atoms with Gasteiger partial charge >= 0.3 is 0 Å². The number of hydrogen-bond donors (Lipinski definition) is 0. The fourth-order valence-electron chi connectivity index (χ4n) is 2.11. The Bertz CT molecular complexity index is 631. The zero-order valence-corrected chi connectivity index (χ0v) is 14.8. The van der Waals surface area contributed by atoms with E-state index in [2.05, 4.69) is 63.9 Å². The van der Waals surface area contributed by atoms with E-state index in [-0.39, 0.29) is 5.41 Å². The Kier molecular flexibility index (Phi) is 5.59. The quantitative estimate of drug-likeness (QED) is 0.642. The molecule has 122 valence electrons. The van der Waals surface area contributed by atoms with Crippen LogP contribution in [0.5, 0.6) is 5.75 Å². The van der Waals surface area contributed by atoms with Crippen LogP contribution in [0.15, 0.2) is 53.5 Å². The van der Waals surface area contributed by atoms with E-state index >= 15 is 0 Å². The molecule has 0 aromatic heterocycles. The predicted octanol–water partition coefficient (Wildman–Crippen LogP) is 5.77. The van der Waals surface area contributed by atoms with Crippen LogP contribution >= 0.6 is 0 Å². The molecule has 0 heterocycles. The second-order valence-electron chi connectivity index (χ2n) is 7.33. The lowest BCUT2D eigenvalue weighted by molar-refractivity contribution is 0.271. The van der Waals surface area contributed by atoms with Crippen molar-refractivity contribution < 1.29 is 4.74 Å². The average molecular weight is 309 g/mol. The molecular weight excluding hydrogens is 282 g/mol. The van der Waals surface area contributed by atoms with Crippen LogP contribution < -0.4 is 4.74 Å². The van der Waals surface area contributed by atoms with E-state index in [0.29, 0.717) is 5.92 Å². The third kappa shape index (κ3) is 5.55. The Labute approximate surface area is 140 Å². The molecule has 2 aromatic rings. The van der Waals surface area contributed by atoms with Crippen LogP contribution in [0.4, 0.5) is 5.69 Å². The molecule has 2 nitrogen and oxygen atoms in total. The number of benzene rings is 2. The van der Waals surface area contributed by atoms with Crippen molar-refractivity contribution >= 4 is 11.9 Å². The summed E-state index contributed by atoms with van der Waals surface area (Å²) in [7, 11) is 0. The number of nitrogens with zero attached hydrogens (tertiary/aromatic N) is 1. The lowest BCUT2D eigenvalue weighted by Gasteiger charge is -2.18. The largest absolute Gasteiger partial charge is 0.493 e. The standard InChI is InChI=1S/C21H27NO/c1-16(2)15-23-20-12-6-17(7-13-20)14-22-19-10-8-18(9-11-19)21(3,4)5/h6-14,16H,15H2,1-5H3. The van der Waals surface area contributed by atoms with Crippen molar-refractivity contribution in [2.24, 2.45) is 10.9 Å². The first-order valence-corrected chi connectivity index (χ1v) is 8.22. The topological polar surface area (TPSA) is 21.6 Å². The summed E-state index contributed by atoms with van der Waals surface area (Å²) < 4.78 is 5.69. The molecule has 2 aromatic carbocycles. The second-order valence-corrected chi connectivity index (χ2v) is 7.33. The van der Waals surface area contributed by atoms with Crippen LogP contribution in [-0.4, -0.2) is 12.8 Å². The van der Waals surface area contributed by atoms with Gasteiger partial charge in [0.2, 0.25) is 0 Å². The summed E-state index contributed by atoms with van der Waals surface area (Å²) in [4.78, 5) is 4.54. The molecule has 0 unspecified atom stereocenters. The molecule has 0 aliphatic carbocycles. The smallest absolute Gasteiger partial charge is 0.119 e. The van der Waals surface area contributed by atoms with E-state index in [1.54, 1.807) is 0 Å². The van der Waals surface area contributed by atoms with E-state index < -0.39 is 0 Å². The third-order valence-electron chi connectivity index (χ3n) is 3.56. The highest BCUT2D eigenvalue weighted by atomic mass is 16.5. The maximum absolute atomic E-state index is 5.69. The molecular formula is C21H27NO. The van der Waals surface area contributed by atoms with Gasteiger partial charge in [-0.15, -0.1) is 0 Å². The lowest BCUT2D eigenvalue weighted by atomic mass is 9.87. The van der Waals surface area contributed by atoms with Crippen LogP contribution in [0.3, 0.4) is 0 Å². The molecule has 0 spiro atoms. The molecule has 0 radical (unpaired) electrons. The second kappa shape index (κ2) is 7.45. The van der Waals surface area contributed by atoms with Gasteiger partial charge in [0.05, 0.1) is 12.3 Å². The molecule has 0 aliphatic heterocycles. The molecule has 0 bridgehead atoms. The van der Waals surface area contributed by atoms with Gasteiger partial charge in [0.25, 0.3) is 0 Å². The highest BCUT2D eigenvalue weighted by molar-refractivity contribution is 5.82. The first-order chi connectivity index (χ1) is 10.8. The van der Waals surface area contributed by atoms with Crippen LogP contribution in [0.1, 0.15) is 45.7 Å². The Morgan fingerprint density at radius 3 is 2.09 bits per heavy atom. The maximum Gasteiger partial charge on any atom is 0.119 e. The minimum Gasteiger partial charge on any atom is -0.493 e. The molecule has 23 heavy (non-hydrogen) atoms. The van der Waals surface area contributed by atoms with Gasteiger partial charge in [-0.05, 0) is 58.9 Å². The maximum atomic E-state index is 5.69. The van der Waals surface area contributed by atoms with Crippen molar-refractivity contribution in [3.8, 4) is 5.75 Å². The van der Waals surface area contributed by atoms with Crippen LogP contribution in [-0.2, 0) is 5.41 Å². The summed E-state index contributed by atoms with van der Waals surface area (Å²) >= 11 is 0. The monoisotopic (exact) mass is 309 g/mol. The van der Waals surface area contributed by atoms with Gasteiger partial charge in [0.15, 0.2) is 0 Å². The number of ether oxygens (including phenoxy) is 1. The SMILES string of the molecule is CC(C)COc1ccc(C=Nc2ccc(C(C)(C)C)cc2)cc1. The minimum atomic E-state index is 0.175. The molecule has 0 aliphatic rings. The Hall–Kier alpha value is -2.09. The minimum absolute atomic E-state index is 0.175. The van der Waals surface area contributed by atoms with Gasteiger partial charge < -0.3 is 4.74 Å². The average Bonchev–Trinajstić information content (AvgIpc) is 2.51. The van der Waals surface area contributed by atoms with Crippen LogP contribution in [0, 0.1) is 5.92 Å². The van der Waals surface area contributed by atoms with Gasteiger partial charge in [-0.3, -0.25) is 4.99 Å². The van der Waals surface area contributed by atoms with E-state index in [9.17, 15) is 0 Å². The molecule has 0 saturated heterocycles. The molecule has 0 atom stereocenters. The van der Waals surface area contributed by atoms with Crippen molar-refractivity contribution in [2.45, 2.75) is 40.0 Å². The fraction of sp³-hybridized carbons (Fsp3) is 0.381. The molecule has 2 heteroatoms. The van der Waals surface area contributed by atoms with E-state index in [1.165, 1.54) is 5.56 Å². The molecule has 2 rings (SSSR count). The van der Waals surface area contributed by atoms with Gasteiger partial charge in [-0.2, -0.15) is 0 Å². The van der Waals surface area contributed by atoms with Gasteiger partial charge in [0.1, 0.15) is 5.75 Å². The first-order valence-electron chi connectivity index (χ1n) is 8.22. The summed E-state index contributed by atoms with van der Waals surface area (Å²) in [5.41, 5.74) is 3.54. The Balaban J connectivity index is 2.00. The number of rotatable bonds is 5. The zero-order chi connectivity index (χ0) is 16.9. The van der Waals surface area contributed by atoms with Crippen molar-refractivity contribution in [3.63, 3.8) is 0 Å². The summed E-state index contributed by atoms with van der Waals surface area (Å²) in [6.45, 7) is 11.7. The van der Waals surface area contributed by atoms with E-state index in [1.807, 2.05) is 30.5 Å². The molecule has 0 amide bonds.